The van der Waals surface area contributed by atoms with E-state index in [0.717, 1.165) is 21.1 Å². The van der Waals surface area contributed by atoms with Crippen molar-refractivity contribution < 1.29 is 13.9 Å². The van der Waals surface area contributed by atoms with E-state index in [1.54, 1.807) is 37.5 Å². The molecular weight excluding hydrogens is 353 g/mol. The van der Waals surface area contributed by atoms with Crippen LogP contribution in [0.3, 0.4) is 0 Å². The standard InChI is InChI=1S/C19H18FN3O2S/c1-11-3-4-13(7-15(11)20)21-18(24)12-9-23(10-12)19-22-16-6-5-14(25-2)8-17(16)26-19/h3-8,12H,9-10H2,1-2H3,(H,21,24). The third-order valence-corrected chi connectivity index (χ3v) is 5.63. The van der Waals surface area contributed by atoms with Crippen LogP contribution in [0.2, 0.25) is 0 Å². The second-order valence-corrected chi connectivity index (χ2v) is 7.39. The molecule has 1 amide bonds. The summed E-state index contributed by atoms with van der Waals surface area (Å²) in [5, 5.41) is 3.69. The van der Waals surface area contributed by atoms with Gasteiger partial charge in [-0.15, -0.1) is 0 Å². The minimum atomic E-state index is -0.317. The van der Waals surface area contributed by atoms with Gasteiger partial charge in [-0.25, -0.2) is 9.37 Å². The maximum absolute atomic E-state index is 13.6. The van der Waals surface area contributed by atoms with E-state index in [1.807, 2.05) is 18.2 Å². The van der Waals surface area contributed by atoms with Gasteiger partial charge in [0.15, 0.2) is 5.13 Å². The Morgan fingerprint density at radius 3 is 2.85 bits per heavy atom. The average molecular weight is 371 g/mol. The van der Waals surface area contributed by atoms with E-state index < -0.39 is 0 Å². The van der Waals surface area contributed by atoms with Crippen molar-refractivity contribution in [2.24, 2.45) is 5.92 Å². The Hall–Kier alpha value is -2.67. The van der Waals surface area contributed by atoms with E-state index in [4.69, 9.17) is 4.74 Å². The number of hydrogen-bond acceptors (Lipinski definition) is 5. The molecule has 26 heavy (non-hydrogen) atoms. The lowest BCUT2D eigenvalue weighted by Gasteiger charge is -2.37. The summed E-state index contributed by atoms with van der Waals surface area (Å²) in [6.07, 6.45) is 0. The Kier molecular flexibility index (Phi) is 4.24. The van der Waals surface area contributed by atoms with Crippen molar-refractivity contribution in [3.05, 3.63) is 47.8 Å². The highest BCUT2D eigenvalue weighted by atomic mass is 32.1. The van der Waals surface area contributed by atoms with Crippen molar-refractivity contribution in [1.82, 2.24) is 4.98 Å². The lowest BCUT2D eigenvalue weighted by atomic mass is 10.00. The highest BCUT2D eigenvalue weighted by Crippen LogP contribution is 2.34. The minimum absolute atomic E-state index is 0.0905. The van der Waals surface area contributed by atoms with Crippen molar-refractivity contribution in [2.45, 2.75) is 6.92 Å². The third kappa shape index (κ3) is 3.10. The molecule has 1 aliphatic rings. The molecule has 5 nitrogen and oxygen atoms in total. The quantitative estimate of drug-likeness (QED) is 0.757. The number of benzene rings is 2. The van der Waals surface area contributed by atoms with E-state index >= 15 is 0 Å². The van der Waals surface area contributed by atoms with Gasteiger partial charge in [0.1, 0.15) is 11.6 Å². The molecule has 3 aromatic rings. The highest BCUT2D eigenvalue weighted by molar-refractivity contribution is 7.22. The van der Waals surface area contributed by atoms with E-state index in [9.17, 15) is 9.18 Å². The van der Waals surface area contributed by atoms with E-state index in [-0.39, 0.29) is 17.6 Å². The molecule has 134 valence electrons. The lowest BCUT2D eigenvalue weighted by molar-refractivity contribution is -0.120. The van der Waals surface area contributed by atoms with Gasteiger partial charge < -0.3 is 15.0 Å². The smallest absolute Gasteiger partial charge is 0.231 e. The molecule has 0 bridgehead atoms. The molecule has 0 unspecified atom stereocenters. The summed E-state index contributed by atoms with van der Waals surface area (Å²) in [4.78, 5) is 19.0. The number of fused-ring (bicyclic) bond motifs is 1. The number of anilines is 2. The fraction of sp³-hybridized carbons (Fsp3) is 0.263. The van der Waals surface area contributed by atoms with Gasteiger partial charge in [-0.3, -0.25) is 4.79 Å². The SMILES string of the molecule is COc1ccc2nc(N3CC(C(=O)Nc4ccc(C)c(F)c4)C3)sc2c1. The maximum Gasteiger partial charge on any atom is 0.231 e. The average Bonchev–Trinajstić information content (AvgIpc) is 2.99. The van der Waals surface area contributed by atoms with Crippen molar-refractivity contribution in [3.63, 3.8) is 0 Å². The zero-order valence-electron chi connectivity index (χ0n) is 14.5. The fourth-order valence-electron chi connectivity index (χ4n) is 2.87. The first-order valence-corrected chi connectivity index (χ1v) is 9.11. The summed E-state index contributed by atoms with van der Waals surface area (Å²) in [5.41, 5.74) is 1.97. The van der Waals surface area contributed by atoms with Crippen molar-refractivity contribution >= 4 is 38.3 Å². The molecule has 0 radical (unpaired) electrons. The summed E-state index contributed by atoms with van der Waals surface area (Å²) >= 11 is 1.59. The molecule has 1 aliphatic heterocycles. The van der Waals surface area contributed by atoms with Gasteiger partial charge >= 0.3 is 0 Å². The number of amides is 1. The van der Waals surface area contributed by atoms with Crippen LogP contribution in [0.15, 0.2) is 36.4 Å². The van der Waals surface area contributed by atoms with Crippen molar-refractivity contribution in [2.75, 3.05) is 30.4 Å². The fourth-order valence-corrected chi connectivity index (χ4v) is 3.88. The Morgan fingerprint density at radius 1 is 1.31 bits per heavy atom. The molecule has 1 fully saturated rings. The Labute approximate surface area is 154 Å². The topological polar surface area (TPSA) is 54.5 Å². The van der Waals surface area contributed by atoms with Gasteiger partial charge in [0.25, 0.3) is 0 Å². The molecule has 0 aliphatic carbocycles. The predicted octanol–water partition coefficient (Wildman–Crippen LogP) is 3.83. The molecule has 1 saturated heterocycles. The monoisotopic (exact) mass is 371 g/mol. The summed E-state index contributed by atoms with van der Waals surface area (Å²) in [6, 6.07) is 10.5. The number of hydrogen-bond donors (Lipinski definition) is 1. The number of ether oxygens (including phenoxy) is 1. The molecule has 4 rings (SSSR count). The number of nitrogens with zero attached hydrogens (tertiary/aromatic N) is 2. The minimum Gasteiger partial charge on any atom is -0.497 e. The molecule has 7 heteroatoms. The van der Waals surface area contributed by atoms with Gasteiger partial charge in [-0.05, 0) is 42.8 Å². The zero-order chi connectivity index (χ0) is 18.3. The van der Waals surface area contributed by atoms with E-state index in [2.05, 4.69) is 15.2 Å². The van der Waals surface area contributed by atoms with Crippen LogP contribution in [0, 0.1) is 18.7 Å². The van der Waals surface area contributed by atoms with Gasteiger partial charge in [-0.1, -0.05) is 17.4 Å². The normalized spacial score (nSPS) is 14.3. The third-order valence-electron chi connectivity index (χ3n) is 4.55. The number of nitrogens with one attached hydrogen (secondary N) is 1. The number of aryl methyl sites for hydroxylation is 1. The van der Waals surface area contributed by atoms with Gasteiger partial charge in [0, 0.05) is 18.8 Å². The van der Waals surface area contributed by atoms with Crippen LogP contribution in [0.1, 0.15) is 5.56 Å². The molecule has 2 aromatic carbocycles. The van der Waals surface area contributed by atoms with E-state index in [0.29, 0.717) is 24.3 Å². The molecule has 2 heterocycles. The molecule has 0 atom stereocenters. The van der Waals surface area contributed by atoms with Crippen LogP contribution >= 0.6 is 11.3 Å². The first-order chi connectivity index (χ1) is 12.5. The van der Waals surface area contributed by atoms with Gasteiger partial charge in [0.05, 0.1) is 23.2 Å². The molecular formula is C19H18FN3O2S. The Bertz CT molecular complexity index is 982. The predicted molar refractivity (Wildman–Crippen MR) is 102 cm³/mol. The number of thiazole rings is 1. The van der Waals surface area contributed by atoms with Gasteiger partial charge in [-0.2, -0.15) is 0 Å². The van der Waals surface area contributed by atoms with E-state index in [1.165, 1.54) is 6.07 Å². The molecule has 0 saturated carbocycles. The zero-order valence-corrected chi connectivity index (χ0v) is 15.3. The second kappa shape index (κ2) is 6.57. The van der Waals surface area contributed by atoms with Gasteiger partial charge in [0.2, 0.25) is 5.91 Å². The second-order valence-electron chi connectivity index (χ2n) is 6.39. The number of halogens is 1. The lowest BCUT2D eigenvalue weighted by Crippen LogP contribution is -2.52. The number of carbonyl (C=O) groups excluding carboxylic acids is 1. The number of rotatable bonds is 4. The maximum atomic E-state index is 13.6. The van der Waals surface area contributed by atoms with Crippen LogP contribution in [-0.2, 0) is 4.79 Å². The number of carbonyl (C=O) groups is 1. The Balaban J connectivity index is 1.40. The largest absolute Gasteiger partial charge is 0.497 e. The summed E-state index contributed by atoms with van der Waals surface area (Å²) < 4.78 is 19.9. The summed E-state index contributed by atoms with van der Waals surface area (Å²) in [5.74, 6) is 0.273. The van der Waals surface area contributed by atoms with Crippen LogP contribution in [0.25, 0.3) is 10.2 Å². The molecule has 1 aromatic heterocycles. The number of methoxy groups -OCH3 is 1. The molecule has 0 spiro atoms. The number of aromatic nitrogens is 1. The van der Waals surface area contributed by atoms with Crippen LogP contribution in [-0.4, -0.2) is 31.1 Å². The van der Waals surface area contributed by atoms with Crippen LogP contribution < -0.4 is 15.0 Å². The van der Waals surface area contributed by atoms with Crippen LogP contribution in [0.4, 0.5) is 15.2 Å². The summed E-state index contributed by atoms with van der Waals surface area (Å²) in [7, 11) is 1.64. The first kappa shape index (κ1) is 16.8. The van der Waals surface area contributed by atoms with Crippen molar-refractivity contribution in [1.29, 1.82) is 0 Å². The molecule has 1 N–H and O–H groups in total. The highest BCUT2D eigenvalue weighted by Gasteiger charge is 2.34. The summed E-state index contributed by atoms with van der Waals surface area (Å²) in [6.45, 7) is 2.91. The van der Waals surface area contributed by atoms with Crippen LogP contribution in [0.5, 0.6) is 5.75 Å². The Morgan fingerprint density at radius 2 is 2.12 bits per heavy atom. The van der Waals surface area contributed by atoms with Crippen molar-refractivity contribution in [3.8, 4) is 5.75 Å². The first-order valence-electron chi connectivity index (χ1n) is 8.30.